The molecule has 276 valence electrons. The van der Waals surface area contributed by atoms with Gasteiger partial charge in [0.05, 0.1) is 35.8 Å². The van der Waals surface area contributed by atoms with Crippen molar-refractivity contribution in [3.63, 3.8) is 0 Å². The summed E-state index contributed by atoms with van der Waals surface area (Å²) in [7, 11) is 1.21. The minimum atomic E-state index is -4.44. The van der Waals surface area contributed by atoms with E-state index in [1.807, 2.05) is 4.90 Å². The maximum Gasteiger partial charge on any atom is 0.416 e. The van der Waals surface area contributed by atoms with Gasteiger partial charge < -0.3 is 34.6 Å². The molecule has 10 nitrogen and oxygen atoms in total. The number of alkyl carbamates (subject to hydrolysis) is 1. The zero-order valence-electron chi connectivity index (χ0n) is 28.3. The van der Waals surface area contributed by atoms with Crippen molar-refractivity contribution in [3.8, 4) is 0 Å². The van der Waals surface area contributed by atoms with Gasteiger partial charge in [-0.3, -0.25) is 4.79 Å². The molecule has 3 fully saturated rings. The summed E-state index contributed by atoms with van der Waals surface area (Å²) in [6, 6.07) is 9.48. The Hall–Kier alpha value is -5.15. The van der Waals surface area contributed by atoms with E-state index in [9.17, 15) is 22.8 Å². The van der Waals surface area contributed by atoms with Gasteiger partial charge in [-0.15, -0.1) is 0 Å². The first-order valence-electron chi connectivity index (χ1n) is 17.1. The highest BCUT2D eigenvalue weighted by Gasteiger charge is 2.35. The Labute approximate surface area is 295 Å². The highest BCUT2D eigenvalue weighted by Crippen LogP contribution is 2.41. The predicted molar refractivity (Wildman–Crippen MR) is 182 cm³/mol. The number of anilines is 3. The number of nitrogens with zero attached hydrogens (tertiary/aromatic N) is 5. The van der Waals surface area contributed by atoms with Crippen LogP contribution in [0.25, 0.3) is 11.0 Å². The van der Waals surface area contributed by atoms with Crippen LogP contribution in [-0.2, 0) is 15.7 Å². The number of halogens is 6. The number of H-pyrrole nitrogens is 1. The van der Waals surface area contributed by atoms with Gasteiger partial charge in [0.15, 0.2) is 11.6 Å². The summed E-state index contributed by atoms with van der Waals surface area (Å²) in [6.07, 6.45) is -2.56. The van der Waals surface area contributed by atoms with Crippen molar-refractivity contribution in [2.75, 3.05) is 67.6 Å². The molecular formula is C36H37F6N7O3. The van der Waals surface area contributed by atoms with Gasteiger partial charge >= 0.3 is 12.3 Å². The molecule has 2 amide bonds. The van der Waals surface area contributed by atoms with Crippen LogP contribution >= 0.6 is 0 Å². The maximum atomic E-state index is 15.7. The van der Waals surface area contributed by atoms with Gasteiger partial charge in [-0.25, -0.2) is 22.9 Å². The Balaban J connectivity index is 1.06. The maximum absolute atomic E-state index is 15.7. The summed E-state index contributed by atoms with van der Waals surface area (Å²) in [6.45, 7) is 1.94. The van der Waals surface area contributed by atoms with Gasteiger partial charge in [0.1, 0.15) is 23.9 Å². The van der Waals surface area contributed by atoms with E-state index in [0.717, 1.165) is 18.6 Å². The quantitative estimate of drug-likeness (QED) is 0.205. The lowest BCUT2D eigenvalue weighted by atomic mass is 10.0. The molecule has 7 rings (SSSR count). The number of likely N-dealkylation sites (tertiary alicyclic amines) is 1. The fourth-order valence-corrected chi connectivity index (χ4v) is 7.62. The fraction of sp³-hybridized carbons (Fsp3) is 0.417. The molecule has 2 N–H and O–H groups in total. The van der Waals surface area contributed by atoms with E-state index in [-0.39, 0.29) is 43.0 Å². The number of hydrogen-bond donors (Lipinski definition) is 2. The minimum absolute atomic E-state index is 0.176. The molecule has 3 aliphatic rings. The summed E-state index contributed by atoms with van der Waals surface area (Å²) in [5, 5.41) is 2.40. The molecule has 3 aromatic carbocycles. The first-order valence-corrected chi connectivity index (χ1v) is 17.1. The Morgan fingerprint density at radius 2 is 1.50 bits per heavy atom. The molecule has 4 heterocycles. The van der Waals surface area contributed by atoms with Crippen molar-refractivity contribution < 1.29 is 40.7 Å². The molecule has 2 atom stereocenters. The number of hydrogen-bond acceptors (Lipinski definition) is 7. The predicted octanol–water partition coefficient (Wildman–Crippen LogP) is 6.69. The van der Waals surface area contributed by atoms with Crippen LogP contribution in [-0.4, -0.2) is 79.8 Å². The van der Waals surface area contributed by atoms with Crippen LogP contribution in [0.2, 0.25) is 0 Å². The highest BCUT2D eigenvalue weighted by molar-refractivity contribution is 5.83. The number of carbonyl (C=O) groups excluding carboxylic acids is 2. The van der Waals surface area contributed by atoms with Crippen LogP contribution in [0.1, 0.15) is 54.7 Å². The van der Waals surface area contributed by atoms with Crippen LogP contribution in [0.3, 0.4) is 0 Å². The molecule has 1 aromatic heterocycles. The average molecular weight is 730 g/mol. The Morgan fingerprint density at radius 3 is 2.17 bits per heavy atom. The van der Waals surface area contributed by atoms with Gasteiger partial charge in [0.2, 0.25) is 5.91 Å². The number of nitrogens with one attached hydrogen (secondary N) is 2. The number of fused-ring (bicyclic) bond motifs is 1. The molecular weight excluding hydrogens is 692 g/mol. The number of aromatic amines is 1. The van der Waals surface area contributed by atoms with Crippen molar-refractivity contribution in [2.45, 2.75) is 43.9 Å². The van der Waals surface area contributed by atoms with Crippen molar-refractivity contribution >= 4 is 40.1 Å². The highest BCUT2D eigenvalue weighted by atomic mass is 19.4. The lowest BCUT2D eigenvalue weighted by Gasteiger charge is -2.38. The molecule has 0 saturated carbocycles. The normalized spacial score (nSPS) is 19.5. The van der Waals surface area contributed by atoms with Crippen LogP contribution in [0.15, 0.2) is 48.5 Å². The molecule has 3 aliphatic heterocycles. The zero-order valence-corrected chi connectivity index (χ0v) is 28.3. The first kappa shape index (κ1) is 35.3. The smallest absolute Gasteiger partial charge is 0.416 e. The number of methoxy groups -OCH3 is 1. The molecule has 0 aliphatic carbocycles. The van der Waals surface area contributed by atoms with Gasteiger partial charge in [-0.05, 0) is 68.1 Å². The topological polar surface area (TPSA) is 97.0 Å². The summed E-state index contributed by atoms with van der Waals surface area (Å²) >= 11 is 0. The van der Waals surface area contributed by atoms with Crippen LogP contribution in [0, 0.1) is 17.5 Å². The second-order valence-corrected chi connectivity index (χ2v) is 13.2. The number of rotatable bonds is 7. The van der Waals surface area contributed by atoms with Crippen LogP contribution in [0.5, 0.6) is 0 Å². The number of alkyl halides is 3. The Kier molecular flexibility index (Phi) is 9.57. The van der Waals surface area contributed by atoms with Crippen LogP contribution in [0.4, 0.5) is 48.2 Å². The number of aromatic nitrogens is 2. The molecule has 3 saturated heterocycles. The number of imidazole rings is 1. The molecule has 0 radical (unpaired) electrons. The Morgan fingerprint density at radius 1 is 0.846 bits per heavy atom. The molecule has 52 heavy (non-hydrogen) atoms. The van der Waals surface area contributed by atoms with Crippen LogP contribution < -0.4 is 20.0 Å². The lowest BCUT2D eigenvalue weighted by Crippen LogP contribution is -2.47. The second-order valence-electron chi connectivity index (χ2n) is 13.2. The third-order valence-corrected chi connectivity index (χ3v) is 10.2. The van der Waals surface area contributed by atoms with Gasteiger partial charge in [0, 0.05) is 62.3 Å². The summed E-state index contributed by atoms with van der Waals surface area (Å²) in [5.74, 6) is -1.82. The number of carbonyl (C=O) groups is 2. The Bertz CT molecular complexity index is 1940. The molecule has 0 unspecified atom stereocenters. The molecule has 0 spiro atoms. The van der Waals surface area contributed by atoms with E-state index in [1.54, 1.807) is 20.8 Å². The van der Waals surface area contributed by atoms with E-state index in [0.29, 0.717) is 73.6 Å². The largest absolute Gasteiger partial charge is 0.453 e. The van der Waals surface area contributed by atoms with E-state index >= 15 is 13.2 Å². The monoisotopic (exact) mass is 729 g/mol. The SMILES string of the molecule is COC(=O)NCC(=O)N1CCC[C@H]1c1nc2cc(F)c([C@H]3CCCN3c3cc(F)c(N4CCN(c5ccc(C(F)(F)F)cc5)CC4)c(F)c3)cc2[nH]1. The van der Waals surface area contributed by atoms with E-state index in [2.05, 4.69) is 20.0 Å². The second kappa shape index (κ2) is 14.1. The third kappa shape index (κ3) is 6.89. The van der Waals surface area contributed by atoms with E-state index in [4.69, 9.17) is 0 Å². The van der Waals surface area contributed by atoms with E-state index in [1.165, 1.54) is 37.4 Å². The average Bonchev–Trinajstić information content (AvgIpc) is 3.90. The standard InChI is InChI=1S/C36H37F6N7O3/c1-52-35(51)43-20-32(50)49-11-3-5-31(49)34-44-28-18-24(25(37)19-29(28)45-34)30-4-2-10-48(30)23-16-26(38)33(27(39)17-23)47-14-12-46(13-15-47)22-8-6-21(7-9-22)36(40,41)42/h6-9,16-19,30-31H,2-5,10-15,20H2,1H3,(H,43,51)(H,44,45)/t30-,31+/m1/s1. The number of piperazine rings is 1. The third-order valence-electron chi connectivity index (χ3n) is 10.2. The molecule has 16 heteroatoms. The fourth-order valence-electron chi connectivity index (χ4n) is 7.62. The van der Waals surface area contributed by atoms with Gasteiger partial charge in [-0.2, -0.15) is 13.2 Å². The van der Waals surface area contributed by atoms with E-state index < -0.39 is 41.3 Å². The van der Waals surface area contributed by atoms with Crippen molar-refractivity contribution in [2.24, 2.45) is 0 Å². The number of ether oxygens (including phenoxy) is 1. The summed E-state index contributed by atoms with van der Waals surface area (Å²) in [5.41, 5.74) is 1.26. The minimum Gasteiger partial charge on any atom is -0.453 e. The van der Waals surface area contributed by atoms with Crippen molar-refractivity contribution in [3.05, 3.63) is 82.9 Å². The van der Waals surface area contributed by atoms with Gasteiger partial charge in [-0.1, -0.05) is 0 Å². The number of amides is 2. The molecule has 4 aromatic rings. The van der Waals surface area contributed by atoms with Crippen molar-refractivity contribution in [1.29, 1.82) is 0 Å². The zero-order chi connectivity index (χ0) is 36.7. The first-order chi connectivity index (χ1) is 24.9. The summed E-state index contributed by atoms with van der Waals surface area (Å²) in [4.78, 5) is 39.0. The van der Waals surface area contributed by atoms with Crippen molar-refractivity contribution in [1.82, 2.24) is 20.2 Å². The molecule has 0 bridgehead atoms. The number of benzene rings is 3. The van der Waals surface area contributed by atoms with Gasteiger partial charge in [0.25, 0.3) is 0 Å². The summed E-state index contributed by atoms with van der Waals surface area (Å²) < 4.78 is 90.6. The lowest BCUT2D eigenvalue weighted by molar-refractivity contribution is -0.137.